The minimum absolute atomic E-state index is 0.0514. The van der Waals surface area contributed by atoms with Crippen molar-refractivity contribution in [3.05, 3.63) is 94.0 Å². The fraction of sp³-hybridized carbons (Fsp3) is 0.0870. The molecule has 1 amide bonds. The first-order valence-corrected chi connectivity index (χ1v) is 12.0. The predicted octanol–water partition coefficient (Wildman–Crippen LogP) is 3.41. The van der Waals surface area contributed by atoms with Crippen molar-refractivity contribution in [1.82, 2.24) is 10.1 Å². The van der Waals surface area contributed by atoms with Gasteiger partial charge in [-0.3, -0.25) is 4.79 Å². The van der Waals surface area contributed by atoms with Gasteiger partial charge in [0.2, 0.25) is 10.0 Å². The number of hydrogen-bond donors (Lipinski definition) is 2. The van der Waals surface area contributed by atoms with E-state index in [1.54, 1.807) is 48.5 Å². The first kappa shape index (κ1) is 24.3. The average Bonchev–Trinajstić information content (AvgIpc) is 2.80. The van der Waals surface area contributed by atoms with Crippen LogP contribution in [0.5, 0.6) is 5.75 Å². The number of rotatable bonds is 8. The maximum atomic E-state index is 12.4. The molecule has 3 aromatic carbocycles. The number of benzene rings is 3. The van der Waals surface area contributed by atoms with E-state index in [2.05, 4.69) is 31.2 Å². The summed E-state index contributed by atoms with van der Waals surface area (Å²) >= 11 is 3.34. The molecule has 2 N–H and O–H groups in total. The maximum absolute atomic E-state index is 12.4. The van der Waals surface area contributed by atoms with Crippen LogP contribution in [0.4, 0.5) is 0 Å². The number of aryl methyl sites for hydroxylation is 1. The molecule has 0 aliphatic carbocycles. The lowest BCUT2D eigenvalue weighted by Gasteiger charge is -2.08. The molecule has 170 valence electrons. The zero-order valence-electron chi connectivity index (χ0n) is 17.5. The van der Waals surface area contributed by atoms with E-state index in [1.807, 2.05) is 19.1 Å². The highest BCUT2D eigenvalue weighted by Crippen LogP contribution is 2.23. The Morgan fingerprint density at radius 3 is 2.42 bits per heavy atom. The summed E-state index contributed by atoms with van der Waals surface area (Å²) in [5.41, 5.74) is 4.08. The summed E-state index contributed by atoms with van der Waals surface area (Å²) in [5, 5.41) is 3.84. The fourth-order valence-electron chi connectivity index (χ4n) is 2.62. The Kier molecular flexibility index (Phi) is 8.10. The Bertz CT molecular complexity index is 1280. The lowest BCUT2D eigenvalue weighted by molar-refractivity contribution is -0.119. The molecule has 0 aliphatic heterocycles. The fourth-order valence-corrected chi connectivity index (χ4v) is 4.00. The van der Waals surface area contributed by atoms with E-state index in [-0.39, 0.29) is 10.6 Å². The zero-order valence-corrected chi connectivity index (χ0v) is 19.9. The van der Waals surface area contributed by atoms with Crippen molar-refractivity contribution in [2.24, 2.45) is 5.10 Å². The standard InChI is InChI=1S/C23H20BrN3O5S/c1-16-7-9-17(10-8-16)23(29)32-21-12-11-19(24)13-18(21)14-25-27-22(28)15-26-33(30,31)20-5-3-2-4-6-20/h2-14,26H,15H2,1H3,(H,27,28)/b25-14-. The summed E-state index contributed by atoms with van der Waals surface area (Å²) < 4.78 is 32.7. The summed E-state index contributed by atoms with van der Waals surface area (Å²) in [7, 11) is -3.81. The van der Waals surface area contributed by atoms with Gasteiger partial charge in [-0.05, 0) is 49.4 Å². The molecule has 0 aliphatic rings. The largest absolute Gasteiger partial charge is 0.422 e. The van der Waals surface area contributed by atoms with Crippen molar-refractivity contribution in [2.75, 3.05) is 6.54 Å². The smallest absolute Gasteiger partial charge is 0.343 e. The van der Waals surface area contributed by atoms with Crippen molar-refractivity contribution in [2.45, 2.75) is 11.8 Å². The quantitative estimate of drug-likeness (QED) is 0.201. The summed E-state index contributed by atoms with van der Waals surface area (Å²) in [4.78, 5) is 24.5. The topological polar surface area (TPSA) is 114 Å². The highest BCUT2D eigenvalue weighted by molar-refractivity contribution is 9.10. The van der Waals surface area contributed by atoms with Gasteiger partial charge in [0.1, 0.15) is 5.75 Å². The maximum Gasteiger partial charge on any atom is 0.343 e. The van der Waals surface area contributed by atoms with Gasteiger partial charge < -0.3 is 4.74 Å². The van der Waals surface area contributed by atoms with E-state index >= 15 is 0 Å². The number of esters is 1. The van der Waals surface area contributed by atoms with Crippen LogP contribution < -0.4 is 14.9 Å². The molecule has 0 fully saturated rings. The number of amides is 1. The number of hydrogen-bond acceptors (Lipinski definition) is 6. The SMILES string of the molecule is Cc1ccc(C(=O)Oc2ccc(Br)cc2/C=N\NC(=O)CNS(=O)(=O)c2ccccc2)cc1. The Balaban J connectivity index is 1.62. The predicted molar refractivity (Wildman–Crippen MR) is 128 cm³/mol. The summed E-state index contributed by atoms with van der Waals surface area (Å²) in [6, 6.07) is 19.6. The van der Waals surface area contributed by atoms with Crippen LogP contribution in [0.1, 0.15) is 21.5 Å². The number of nitrogens with one attached hydrogen (secondary N) is 2. The Morgan fingerprint density at radius 2 is 1.73 bits per heavy atom. The summed E-state index contributed by atoms with van der Waals surface area (Å²) in [5.74, 6) is -0.961. The molecule has 0 radical (unpaired) electrons. The molecule has 3 aromatic rings. The van der Waals surface area contributed by atoms with Gasteiger partial charge in [-0.2, -0.15) is 5.10 Å². The van der Waals surface area contributed by atoms with E-state index in [9.17, 15) is 18.0 Å². The molecule has 33 heavy (non-hydrogen) atoms. The van der Waals surface area contributed by atoms with Crippen LogP contribution >= 0.6 is 15.9 Å². The number of sulfonamides is 1. The van der Waals surface area contributed by atoms with Gasteiger partial charge in [-0.1, -0.05) is 51.8 Å². The van der Waals surface area contributed by atoms with Crippen molar-refractivity contribution in [3.63, 3.8) is 0 Å². The molecule has 8 nitrogen and oxygen atoms in total. The molecule has 0 saturated heterocycles. The van der Waals surface area contributed by atoms with Gasteiger partial charge in [-0.25, -0.2) is 23.4 Å². The van der Waals surface area contributed by atoms with Crippen LogP contribution in [0.25, 0.3) is 0 Å². The number of carbonyl (C=O) groups is 2. The molecule has 0 saturated carbocycles. The average molecular weight is 530 g/mol. The van der Waals surface area contributed by atoms with E-state index in [0.717, 1.165) is 5.56 Å². The minimum Gasteiger partial charge on any atom is -0.422 e. The van der Waals surface area contributed by atoms with Gasteiger partial charge in [0.05, 0.1) is 23.2 Å². The van der Waals surface area contributed by atoms with E-state index in [4.69, 9.17) is 4.74 Å². The van der Waals surface area contributed by atoms with Gasteiger partial charge in [0.25, 0.3) is 5.91 Å². The molecule has 0 spiro atoms. The molecule has 0 unspecified atom stereocenters. The molecule has 0 atom stereocenters. The van der Waals surface area contributed by atoms with E-state index < -0.39 is 28.4 Å². The lowest BCUT2D eigenvalue weighted by Crippen LogP contribution is -2.34. The summed E-state index contributed by atoms with van der Waals surface area (Å²) in [6.45, 7) is 1.42. The van der Waals surface area contributed by atoms with Gasteiger partial charge in [0, 0.05) is 10.0 Å². The van der Waals surface area contributed by atoms with Gasteiger partial charge >= 0.3 is 5.97 Å². The first-order chi connectivity index (χ1) is 15.7. The molecule has 3 rings (SSSR count). The number of hydrazone groups is 1. The van der Waals surface area contributed by atoms with Crippen LogP contribution in [0.2, 0.25) is 0 Å². The molecular formula is C23H20BrN3O5S. The third-order valence-corrected chi connectivity index (χ3v) is 6.24. The number of halogens is 1. The Labute approximate surface area is 199 Å². The molecule has 10 heteroatoms. The van der Waals surface area contributed by atoms with Crippen molar-refractivity contribution in [3.8, 4) is 5.75 Å². The number of nitrogens with zero attached hydrogens (tertiary/aromatic N) is 1. The van der Waals surface area contributed by atoms with Crippen LogP contribution in [0.3, 0.4) is 0 Å². The number of ether oxygens (including phenoxy) is 1. The second-order valence-electron chi connectivity index (χ2n) is 6.87. The second-order valence-corrected chi connectivity index (χ2v) is 9.55. The molecule has 0 heterocycles. The van der Waals surface area contributed by atoms with Gasteiger partial charge in [0.15, 0.2) is 0 Å². The zero-order chi connectivity index (χ0) is 23.8. The summed E-state index contributed by atoms with van der Waals surface area (Å²) in [6.07, 6.45) is 1.30. The van der Waals surface area contributed by atoms with Crippen molar-refractivity contribution < 1.29 is 22.7 Å². The van der Waals surface area contributed by atoms with Crippen LogP contribution in [0, 0.1) is 6.92 Å². The minimum atomic E-state index is -3.81. The van der Waals surface area contributed by atoms with Crippen molar-refractivity contribution in [1.29, 1.82) is 0 Å². The monoisotopic (exact) mass is 529 g/mol. The normalized spacial score (nSPS) is 11.3. The number of carbonyl (C=O) groups excluding carboxylic acids is 2. The third-order valence-electron chi connectivity index (χ3n) is 4.33. The Morgan fingerprint density at radius 1 is 1.03 bits per heavy atom. The van der Waals surface area contributed by atoms with Crippen molar-refractivity contribution >= 4 is 44.0 Å². The van der Waals surface area contributed by atoms with E-state index in [0.29, 0.717) is 15.6 Å². The lowest BCUT2D eigenvalue weighted by atomic mass is 10.1. The van der Waals surface area contributed by atoms with Crippen LogP contribution in [0.15, 0.2) is 87.3 Å². The van der Waals surface area contributed by atoms with E-state index in [1.165, 1.54) is 18.3 Å². The molecule has 0 aromatic heterocycles. The van der Waals surface area contributed by atoms with Crippen LogP contribution in [-0.4, -0.2) is 33.1 Å². The Hall–Kier alpha value is -3.34. The van der Waals surface area contributed by atoms with Gasteiger partial charge in [-0.15, -0.1) is 0 Å². The molecular weight excluding hydrogens is 510 g/mol. The van der Waals surface area contributed by atoms with Crippen LogP contribution in [-0.2, 0) is 14.8 Å². The highest BCUT2D eigenvalue weighted by Gasteiger charge is 2.15. The third kappa shape index (κ3) is 7.07. The molecule has 0 bridgehead atoms. The highest BCUT2D eigenvalue weighted by atomic mass is 79.9. The first-order valence-electron chi connectivity index (χ1n) is 9.69. The second kappa shape index (κ2) is 11.0.